The highest BCUT2D eigenvalue weighted by atomic mass is 127. The number of halogens is 2. The van der Waals surface area contributed by atoms with Gasteiger partial charge in [0, 0.05) is 25.2 Å². The quantitative estimate of drug-likeness (QED) is 0.225. The summed E-state index contributed by atoms with van der Waals surface area (Å²) in [4.78, 5) is 9.24. The van der Waals surface area contributed by atoms with Crippen LogP contribution in [-0.4, -0.2) is 62.6 Å². The van der Waals surface area contributed by atoms with E-state index in [4.69, 9.17) is 0 Å². The third-order valence-electron chi connectivity index (χ3n) is 5.00. The van der Waals surface area contributed by atoms with Crippen molar-refractivity contribution < 1.29 is 4.39 Å². The fourth-order valence-corrected chi connectivity index (χ4v) is 3.57. The van der Waals surface area contributed by atoms with Gasteiger partial charge in [-0.2, -0.15) is 0 Å². The minimum Gasteiger partial charge on any atom is -0.357 e. The number of likely N-dealkylation sites (tertiary alicyclic amines) is 1. The van der Waals surface area contributed by atoms with Crippen molar-refractivity contribution in [3.05, 3.63) is 35.1 Å². The lowest BCUT2D eigenvalue weighted by molar-refractivity contribution is 0.282. The molecule has 0 unspecified atom stereocenters. The minimum absolute atomic E-state index is 0. The monoisotopic (exact) mass is 519 g/mol. The van der Waals surface area contributed by atoms with Crippen LogP contribution in [0.15, 0.2) is 23.2 Å². The van der Waals surface area contributed by atoms with Crippen LogP contribution in [0, 0.1) is 5.82 Å². The maximum Gasteiger partial charge on any atom is 0.191 e. The fraction of sp³-hybridized carbons (Fsp3) is 0.682. The van der Waals surface area contributed by atoms with E-state index in [1.165, 1.54) is 38.8 Å². The third-order valence-corrected chi connectivity index (χ3v) is 5.00. The van der Waals surface area contributed by atoms with Crippen LogP contribution in [0.25, 0.3) is 0 Å². The Hall–Kier alpha value is -0.930. The van der Waals surface area contributed by atoms with Gasteiger partial charge in [-0.05, 0) is 77.6 Å². The van der Waals surface area contributed by atoms with E-state index in [2.05, 4.69) is 27.4 Å². The number of nitrogens with zero attached hydrogens (tertiary/aromatic N) is 3. The van der Waals surface area contributed by atoms with Gasteiger partial charge >= 0.3 is 0 Å². The van der Waals surface area contributed by atoms with Gasteiger partial charge in [0.25, 0.3) is 0 Å². The molecule has 0 aromatic heterocycles. The number of benzene rings is 1. The van der Waals surface area contributed by atoms with Crippen molar-refractivity contribution in [1.82, 2.24) is 20.4 Å². The number of nitrogens with one attached hydrogen (secondary N) is 2. The second-order valence-electron chi connectivity index (χ2n) is 7.89. The Labute approximate surface area is 193 Å². The molecule has 0 spiro atoms. The van der Waals surface area contributed by atoms with Gasteiger partial charge in [-0.3, -0.25) is 0 Å². The first-order chi connectivity index (χ1) is 13.6. The average Bonchev–Trinajstić information content (AvgIpc) is 2.94. The standard InChI is InChI=1S/C22H38FN5.HI/c1-4-24-22(25-12-9-15-28-13-7-5-6-8-14-28)26-17-19-10-11-21(23)20(16-19)18-27(2)3;/h10-11,16H,4-9,12-15,17-18H2,1-3H3,(H2,24,25,26);1H. The molecule has 0 saturated carbocycles. The van der Waals surface area contributed by atoms with Crippen molar-refractivity contribution in [3.63, 3.8) is 0 Å². The van der Waals surface area contributed by atoms with Crippen LogP contribution >= 0.6 is 24.0 Å². The lowest BCUT2D eigenvalue weighted by Gasteiger charge is -2.20. The van der Waals surface area contributed by atoms with Crippen LogP contribution in [0.2, 0.25) is 0 Å². The Morgan fingerprint density at radius 2 is 1.86 bits per heavy atom. The first-order valence-corrected chi connectivity index (χ1v) is 10.7. The van der Waals surface area contributed by atoms with Crippen LogP contribution in [0.4, 0.5) is 4.39 Å². The Kier molecular flexibility index (Phi) is 13.5. The summed E-state index contributed by atoms with van der Waals surface area (Å²) < 4.78 is 13.9. The maximum absolute atomic E-state index is 13.9. The van der Waals surface area contributed by atoms with E-state index >= 15 is 0 Å². The lowest BCUT2D eigenvalue weighted by Crippen LogP contribution is -2.39. The molecule has 1 saturated heterocycles. The van der Waals surface area contributed by atoms with Gasteiger partial charge < -0.3 is 20.4 Å². The third kappa shape index (κ3) is 10.6. The minimum atomic E-state index is -0.153. The van der Waals surface area contributed by atoms with Gasteiger partial charge in [-0.1, -0.05) is 18.9 Å². The first-order valence-electron chi connectivity index (χ1n) is 10.7. The molecule has 1 aromatic carbocycles. The molecule has 1 aliphatic rings. The molecular formula is C22H39FIN5. The molecular weight excluding hydrogens is 480 g/mol. The topological polar surface area (TPSA) is 42.9 Å². The molecule has 1 heterocycles. The van der Waals surface area contributed by atoms with Gasteiger partial charge in [0.15, 0.2) is 5.96 Å². The van der Waals surface area contributed by atoms with E-state index in [0.29, 0.717) is 18.7 Å². The predicted octanol–water partition coefficient (Wildman–Crippen LogP) is 3.83. The highest BCUT2D eigenvalue weighted by Gasteiger charge is 2.08. The van der Waals surface area contributed by atoms with E-state index in [1.807, 2.05) is 31.1 Å². The summed E-state index contributed by atoms with van der Waals surface area (Å²) in [5, 5.41) is 6.74. The van der Waals surface area contributed by atoms with Crippen molar-refractivity contribution in [2.45, 2.75) is 52.1 Å². The average molecular weight is 519 g/mol. The van der Waals surface area contributed by atoms with Crippen molar-refractivity contribution >= 4 is 29.9 Å². The molecule has 0 amide bonds. The molecule has 2 N–H and O–H groups in total. The molecule has 2 rings (SSSR count). The highest BCUT2D eigenvalue weighted by molar-refractivity contribution is 14.0. The Morgan fingerprint density at radius 3 is 2.52 bits per heavy atom. The summed E-state index contributed by atoms with van der Waals surface area (Å²) in [5.74, 6) is 0.678. The molecule has 5 nitrogen and oxygen atoms in total. The second-order valence-corrected chi connectivity index (χ2v) is 7.89. The summed E-state index contributed by atoms with van der Waals surface area (Å²) >= 11 is 0. The number of guanidine groups is 1. The lowest BCUT2D eigenvalue weighted by atomic mass is 10.1. The zero-order valence-corrected chi connectivity index (χ0v) is 20.7. The molecule has 1 aromatic rings. The predicted molar refractivity (Wildman–Crippen MR) is 132 cm³/mol. The van der Waals surface area contributed by atoms with Crippen molar-refractivity contribution in [3.8, 4) is 0 Å². The maximum atomic E-state index is 13.9. The van der Waals surface area contributed by atoms with E-state index < -0.39 is 0 Å². The largest absolute Gasteiger partial charge is 0.357 e. The van der Waals surface area contributed by atoms with Gasteiger partial charge in [0.1, 0.15) is 5.82 Å². The number of rotatable bonds is 9. The van der Waals surface area contributed by atoms with E-state index in [1.54, 1.807) is 6.07 Å². The molecule has 29 heavy (non-hydrogen) atoms. The molecule has 166 valence electrons. The zero-order valence-electron chi connectivity index (χ0n) is 18.3. The molecule has 0 bridgehead atoms. The van der Waals surface area contributed by atoms with E-state index in [-0.39, 0.29) is 29.8 Å². The molecule has 1 fully saturated rings. The second kappa shape index (κ2) is 15.0. The fourth-order valence-electron chi connectivity index (χ4n) is 3.57. The van der Waals surface area contributed by atoms with Gasteiger partial charge in [0.2, 0.25) is 0 Å². The Bertz CT molecular complexity index is 601. The zero-order chi connectivity index (χ0) is 20.2. The summed E-state index contributed by atoms with van der Waals surface area (Å²) in [6, 6.07) is 5.29. The van der Waals surface area contributed by atoms with E-state index in [9.17, 15) is 4.39 Å². The van der Waals surface area contributed by atoms with Crippen molar-refractivity contribution in [2.75, 3.05) is 46.8 Å². The normalized spacial score (nSPS) is 15.7. The van der Waals surface area contributed by atoms with Crippen LogP contribution in [0.3, 0.4) is 0 Å². The van der Waals surface area contributed by atoms with Gasteiger partial charge in [-0.25, -0.2) is 9.38 Å². The SMILES string of the molecule is CCNC(=NCc1ccc(F)c(CN(C)C)c1)NCCCN1CCCCCC1.I. The molecule has 7 heteroatoms. The smallest absolute Gasteiger partial charge is 0.191 e. The molecule has 0 radical (unpaired) electrons. The number of hydrogen-bond acceptors (Lipinski definition) is 3. The van der Waals surface area contributed by atoms with Gasteiger partial charge in [0.05, 0.1) is 6.54 Å². The van der Waals surface area contributed by atoms with Crippen LogP contribution in [-0.2, 0) is 13.1 Å². The Balaban J connectivity index is 0.00000420. The van der Waals surface area contributed by atoms with E-state index in [0.717, 1.165) is 37.6 Å². The summed E-state index contributed by atoms with van der Waals surface area (Å²) in [7, 11) is 3.90. The van der Waals surface area contributed by atoms with Crippen molar-refractivity contribution in [1.29, 1.82) is 0 Å². The first kappa shape index (κ1) is 26.1. The van der Waals surface area contributed by atoms with Crippen LogP contribution in [0.1, 0.15) is 50.2 Å². The Morgan fingerprint density at radius 1 is 1.14 bits per heavy atom. The van der Waals surface area contributed by atoms with Gasteiger partial charge in [-0.15, -0.1) is 24.0 Å². The van der Waals surface area contributed by atoms with Crippen LogP contribution < -0.4 is 10.6 Å². The summed E-state index contributed by atoms with van der Waals surface area (Å²) in [6.07, 6.45) is 6.56. The highest BCUT2D eigenvalue weighted by Crippen LogP contribution is 2.13. The van der Waals surface area contributed by atoms with Crippen LogP contribution in [0.5, 0.6) is 0 Å². The molecule has 1 aliphatic heterocycles. The molecule has 0 aliphatic carbocycles. The van der Waals surface area contributed by atoms with Crippen molar-refractivity contribution in [2.24, 2.45) is 4.99 Å². The summed E-state index contributed by atoms with van der Waals surface area (Å²) in [6.45, 7) is 8.59. The summed E-state index contributed by atoms with van der Waals surface area (Å²) in [5.41, 5.74) is 1.74. The molecule has 0 atom stereocenters. The number of aliphatic imine (C=N–C) groups is 1. The number of hydrogen-bond donors (Lipinski definition) is 2.